The van der Waals surface area contributed by atoms with Crippen molar-refractivity contribution in [2.45, 2.75) is 12.5 Å². The zero-order chi connectivity index (χ0) is 12.6. The van der Waals surface area contributed by atoms with Gasteiger partial charge in [0, 0.05) is 0 Å². The Hall–Kier alpha value is -1.76. The molecule has 0 aliphatic rings. The number of nitrogens with one attached hydrogen (secondary N) is 1. The van der Waals surface area contributed by atoms with Crippen LogP contribution in [0.5, 0.6) is 0 Å². The highest BCUT2D eigenvalue weighted by atomic mass is 32.1. The lowest BCUT2D eigenvalue weighted by Crippen LogP contribution is -2.33. The zero-order valence-electron chi connectivity index (χ0n) is 8.48. The summed E-state index contributed by atoms with van der Waals surface area (Å²) in [5, 5.41) is 8.40. The number of carboxylic acid groups (broad SMARTS) is 1. The summed E-state index contributed by atoms with van der Waals surface area (Å²) in [5.41, 5.74) is 1.05. The van der Waals surface area contributed by atoms with Crippen LogP contribution in [0, 0.1) is 4.77 Å². The molecule has 7 heteroatoms. The Labute approximate surface area is 99.5 Å². The molecule has 2 aromatic rings. The Bertz CT molecular complexity index is 633. The topological polar surface area (TPSA) is 58.0 Å². The monoisotopic (exact) mass is 258 g/mol. The smallest absolute Gasteiger partial charge is 0.376 e. The average Bonchev–Trinajstić information content (AvgIpc) is 2.55. The van der Waals surface area contributed by atoms with Gasteiger partial charge in [-0.25, -0.2) is 4.79 Å². The van der Waals surface area contributed by atoms with Gasteiger partial charge in [0.25, 0.3) is 0 Å². The Morgan fingerprint density at radius 3 is 2.76 bits per heavy atom. The Balaban J connectivity index is 2.53. The lowest BCUT2D eigenvalue weighted by Gasteiger charge is -2.12. The first-order valence-electron chi connectivity index (χ1n) is 4.70. The molecule has 2 rings (SSSR count). The predicted molar refractivity (Wildman–Crippen MR) is 59.7 cm³/mol. The summed E-state index contributed by atoms with van der Waals surface area (Å²) < 4.78 is 27.4. The Morgan fingerprint density at radius 2 is 2.12 bits per heavy atom. The average molecular weight is 258 g/mol. The predicted octanol–water partition coefficient (Wildman–Crippen LogP) is 2.42. The number of hydrogen-bond acceptors (Lipinski definition) is 2. The van der Waals surface area contributed by atoms with Crippen molar-refractivity contribution in [1.29, 1.82) is 0 Å². The van der Waals surface area contributed by atoms with E-state index < -0.39 is 18.4 Å². The Morgan fingerprint density at radius 1 is 1.47 bits per heavy atom. The van der Waals surface area contributed by atoms with Gasteiger partial charge < -0.3 is 14.7 Å². The van der Waals surface area contributed by atoms with Crippen molar-refractivity contribution in [3.8, 4) is 0 Å². The second-order valence-electron chi connectivity index (χ2n) is 3.54. The highest BCUT2D eigenvalue weighted by Gasteiger charge is 2.39. The lowest BCUT2D eigenvalue weighted by molar-refractivity contribution is -0.166. The lowest BCUT2D eigenvalue weighted by atomic mass is 10.3. The van der Waals surface area contributed by atoms with E-state index in [0.717, 1.165) is 4.57 Å². The molecule has 0 aliphatic carbocycles. The molecule has 17 heavy (non-hydrogen) atoms. The number of H-pyrrole nitrogens is 1. The number of carbonyl (C=O) groups is 1. The van der Waals surface area contributed by atoms with Crippen molar-refractivity contribution < 1.29 is 18.7 Å². The number of benzene rings is 1. The normalized spacial score (nSPS) is 11.9. The number of alkyl halides is 2. The fraction of sp³-hybridized carbons (Fsp3) is 0.200. The summed E-state index contributed by atoms with van der Waals surface area (Å²) in [6.45, 7) is -0.981. The first-order chi connectivity index (χ1) is 7.92. The fourth-order valence-electron chi connectivity index (χ4n) is 1.53. The maximum absolute atomic E-state index is 13.1. The summed E-state index contributed by atoms with van der Waals surface area (Å²) in [5.74, 6) is -6.01. The van der Waals surface area contributed by atoms with E-state index >= 15 is 0 Å². The molecule has 2 N–H and O–H groups in total. The van der Waals surface area contributed by atoms with Crippen molar-refractivity contribution in [2.75, 3.05) is 0 Å². The van der Waals surface area contributed by atoms with E-state index in [1.165, 1.54) is 0 Å². The van der Waals surface area contributed by atoms with Crippen LogP contribution in [0.3, 0.4) is 0 Å². The van der Waals surface area contributed by atoms with Crippen LogP contribution < -0.4 is 0 Å². The molecule has 0 aliphatic heterocycles. The molecule has 0 radical (unpaired) electrons. The van der Waals surface area contributed by atoms with Crippen LogP contribution in [0.4, 0.5) is 8.78 Å². The van der Waals surface area contributed by atoms with E-state index in [9.17, 15) is 13.6 Å². The minimum Gasteiger partial charge on any atom is -0.477 e. The molecule has 1 aromatic carbocycles. The second-order valence-corrected chi connectivity index (χ2v) is 3.93. The molecule has 90 valence electrons. The van der Waals surface area contributed by atoms with Crippen molar-refractivity contribution in [3.05, 3.63) is 29.0 Å². The fourth-order valence-corrected chi connectivity index (χ4v) is 1.80. The molecular formula is C10H8F2N2O2S. The van der Waals surface area contributed by atoms with Crippen molar-refractivity contribution in [3.63, 3.8) is 0 Å². The van der Waals surface area contributed by atoms with Gasteiger partial charge in [0.1, 0.15) is 6.54 Å². The standard InChI is InChI=1S/C10H8F2N2O2S/c11-10(12,8(15)16)5-14-7-4-2-1-3-6(7)13-9(14)17/h1-4H,5H2,(H,13,17)(H,15,16). The third-order valence-electron chi connectivity index (χ3n) is 2.35. The summed E-state index contributed by atoms with van der Waals surface area (Å²) in [6, 6.07) is 6.67. The first kappa shape index (κ1) is 11.7. The summed E-state index contributed by atoms with van der Waals surface area (Å²) in [4.78, 5) is 13.1. The van der Waals surface area contributed by atoms with Gasteiger partial charge in [0.15, 0.2) is 4.77 Å². The maximum atomic E-state index is 13.1. The quantitative estimate of drug-likeness (QED) is 0.831. The van der Waals surface area contributed by atoms with Gasteiger partial charge in [-0.15, -0.1) is 0 Å². The molecular weight excluding hydrogens is 250 g/mol. The zero-order valence-corrected chi connectivity index (χ0v) is 9.30. The highest BCUT2D eigenvalue weighted by molar-refractivity contribution is 7.71. The number of imidazole rings is 1. The van der Waals surface area contributed by atoms with Crippen molar-refractivity contribution in [2.24, 2.45) is 0 Å². The summed E-state index contributed by atoms with van der Waals surface area (Å²) in [7, 11) is 0. The van der Waals surface area contributed by atoms with Crippen molar-refractivity contribution in [1.82, 2.24) is 9.55 Å². The number of aliphatic carboxylic acids is 1. The molecule has 0 unspecified atom stereocenters. The van der Waals surface area contributed by atoms with E-state index in [1.54, 1.807) is 24.3 Å². The number of nitrogens with zero attached hydrogens (tertiary/aromatic N) is 1. The van der Waals surface area contributed by atoms with Crippen LogP contribution in [-0.4, -0.2) is 26.5 Å². The van der Waals surface area contributed by atoms with E-state index in [4.69, 9.17) is 17.3 Å². The third kappa shape index (κ3) is 2.05. The Kier molecular flexibility index (Phi) is 2.70. The maximum Gasteiger partial charge on any atom is 0.376 e. The molecule has 4 nitrogen and oxygen atoms in total. The molecule has 0 saturated carbocycles. The second kappa shape index (κ2) is 3.92. The van der Waals surface area contributed by atoms with Gasteiger partial charge in [-0.3, -0.25) is 0 Å². The van der Waals surface area contributed by atoms with E-state index in [0.29, 0.717) is 11.0 Å². The van der Waals surface area contributed by atoms with Crippen molar-refractivity contribution >= 4 is 29.2 Å². The first-order valence-corrected chi connectivity index (χ1v) is 5.11. The van der Waals surface area contributed by atoms with Crippen LogP contribution in [0.25, 0.3) is 11.0 Å². The number of carboxylic acids is 1. The van der Waals surface area contributed by atoms with Gasteiger partial charge >= 0.3 is 11.9 Å². The minimum atomic E-state index is -3.84. The van der Waals surface area contributed by atoms with Crippen LogP contribution in [0.2, 0.25) is 0 Å². The van der Waals surface area contributed by atoms with Gasteiger partial charge in [0.2, 0.25) is 0 Å². The van der Waals surface area contributed by atoms with Gasteiger partial charge in [-0.1, -0.05) is 12.1 Å². The van der Waals surface area contributed by atoms with Crippen LogP contribution in [0.15, 0.2) is 24.3 Å². The van der Waals surface area contributed by atoms with E-state index in [2.05, 4.69) is 4.98 Å². The molecule has 0 bridgehead atoms. The molecule has 0 spiro atoms. The van der Waals surface area contributed by atoms with Crippen LogP contribution in [0.1, 0.15) is 0 Å². The molecule has 0 saturated heterocycles. The van der Waals surface area contributed by atoms with Crippen LogP contribution in [-0.2, 0) is 11.3 Å². The van der Waals surface area contributed by atoms with Crippen LogP contribution >= 0.6 is 12.2 Å². The minimum absolute atomic E-state index is 0.0760. The molecule has 0 fully saturated rings. The SMILES string of the molecule is O=C(O)C(F)(F)Cn1c(=S)[nH]c2ccccc21. The van der Waals surface area contributed by atoms with Gasteiger partial charge in [0.05, 0.1) is 11.0 Å². The highest BCUT2D eigenvalue weighted by Crippen LogP contribution is 2.21. The number of aromatic amines is 1. The number of aromatic nitrogens is 2. The molecule has 0 amide bonds. The number of fused-ring (bicyclic) bond motifs is 1. The summed E-state index contributed by atoms with van der Waals surface area (Å²) >= 11 is 4.89. The van der Waals surface area contributed by atoms with E-state index in [1.807, 2.05) is 0 Å². The summed E-state index contributed by atoms with van der Waals surface area (Å²) in [6.07, 6.45) is 0. The third-order valence-corrected chi connectivity index (χ3v) is 2.67. The largest absolute Gasteiger partial charge is 0.477 e. The van der Waals surface area contributed by atoms with Gasteiger partial charge in [-0.2, -0.15) is 8.78 Å². The molecule has 0 atom stereocenters. The number of para-hydroxylation sites is 2. The van der Waals surface area contributed by atoms with Gasteiger partial charge in [-0.05, 0) is 24.4 Å². The van der Waals surface area contributed by atoms with E-state index in [-0.39, 0.29) is 4.77 Å². The molecule has 1 aromatic heterocycles. The molecule has 1 heterocycles. The number of hydrogen-bond donors (Lipinski definition) is 2. The number of halogens is 2. The number of rotatable bonds is 3.